The molecule has 0 aliphatic rings. The lowest BCUT2D eigenvalue weighted by Gasteiger charge is -2.13. The Morgan fingerprint density at radius 3 is 2.56 bits per heavy atom. The van der Waals surface area contributed by atoms with Crippen LogP contribution in [0.15, 0.2) is 18.2 Å². The Morgan fingerprint density at radius 2 is 2.06 bits per heavy atom. The number of amides is 1. The molecule has 88 valence electrons. The fourth-order valence-corrected chi connectivity index (χ4v) is 1.51. The van der Waals surface area contributed by atoms with E-state index in [-0.39, 0.29) is 5.91 Å². The number of rotatable bonds is 4. The van der Waals surface area contributed by atoms with Gasteiger partial charge in [-0.1, -0.05) is 13.8 Å². The second-order valence-electron chi connectivity index (χ2n) is 3.82. The van der Waals surface area contributed by atoms with Crippen LogP contribution >= 0.6 is 0 Å². The number of hydrazine groups is 1. The van der Waals surface area contributed by atoms with Crippen LogP contribution in [0.2, 0.25) is 0 Å². The molecule has 0 aliphatic carbocycles. The second kappa shape index (κ2) is 5.51. The molecule has 0 radical (unpaired) electrons. The molecule has 4 heteroatoms. The molecule has 0 heterocycles. The quantitative estimate of drug-likeness (QED) is 0.762. The Hall–Kier alpha value is -1.55. The number of ether oxygens (including phenoxy) is 1. The van der Waals surface area contributed by atoms with Crippen molar-refractivity contribution in [3.05, 3.63) is 29.3 Å². The molecule has 0 bridgehead atoms. The molecule has 2 N–H and O–H groups in total. The highest BCUT2D eigenvalue weighted by molar-refractivity contribution is 5.94. The zero-order valence-corrected chi connectivity index (χ0v) is 10.1. The summed E-state index contributed by atoms with van der Waals surface area (Å²) < 4.78 is 5.25. The zero-order chi connectivity index (χ0) is 12.1. The molecule has 1 amide bonds. The van der Waals surface area contributed by atoms with Crippen LogP contribution in [0.1, 0.15) is 35.7 Å². The van der Waals surface area contributed by atoms with Crippen molar-refractivity contribution in [1.82, 2.24) is 10.9 Å². The summed E-state index contributed by atoms with van der Waals surface area (Å²) in [7, 11) is 3.29. The largest absolute Gasteiger partial charge is 0.496 e. The fraction of sp³-hybridized carbons (Fsp3) is 0.417. The average molecular weight is 222 g/mol. The molecule has 0 saturated heterocycles. The maximum atomic E-state index is 11.6. The molecule has 0 saturated carbocycles. The molecule has 0 unspecified atom stereocenters. The molecular weight excluding hydrogens is 204 g/mol. The summed E-state index contributed by atoms with van der Waals surface area (Å²) in [6.45, 7) is 4.13. The molecule has 0 fully saturated rings. The first kappa shape index (κ1) is 12.5. The molecular formula is C12H18N2O2. The SMILES string of the molecule is CNNC(=O)c1ccc(OC)c(C(C)C)c1. The maximum absolute atomic E-state index is 11.6. The normalized spacial score (nSPS) is 10.3. The number of benzene rings is 1. The van der Waals surface area contributed by atoms with Gasteiger partial charge in [0.15, 0.2) is 0 Å². The van der Waals surface area contributed by atoms with Crippen molar-refractivity contribution < 1.29 is 9.53 Å². The van der Waals surface area contributed by atoms with E-state index in [4.69, 9.17) is 4.74 Å². The zero-order valence-electron chi connectivity index (χ0n) is 10.1. The van der Waals surface area contributed by atoms with Gasteiger partial charge >= 0.3 is 0 Å². The van der Waals surface area contributed by atoms with E-state index in [1.165, 1.54) is 0 Å². The van der Waals surface area contributed by atoms with Crippen LogP contribution < -0.4 is 15.6 Å². The summed E-state index contributed by atoms with van der Waals surface area (Å²) in [4.78, 5) is 11.6. The lowest BCUT2D eigenvalue weighted by Crippen LogP contribution is -2.34. The van der Waals surface area contributed by atoms with Crippen LogP contribution in [0.5, 0.6) is 5.75 Å². The predicted octanol–water partition coefficient (Wildman–Crippen LogP) is 1.68. The highest BCUT2D eigenvalue weighted by atomic mass is 16.5. The van der Waals surface area contributed by atoms with E-state index >= 15 is 0 Å². The van der Waals surface area contributed by atoms with Crippen LogP contribution in [-0.2, 0) is 0 Å². The molecule has 0 atom stereocenters. The minimum absolute atomic E-state index is 0.146. The fourth-order valence-electron chi connectivity index (χ4n) is 1.51. The summed E-state index contributed by atoms with van der Waals surface area (Å²) in [5, 5.41) is 0. The van der Waals surface area contributed by atoms with E-state index in [0.29, 0.717) is 11.5 Å². The van der Waals surface area contributed by atoms with E-state index in [2.05, 4.69) is 24.7 Å². The Morgan fingerprint density at radius 1 is 1.38 bits per heavy atom. The first-order valence-electron chi connectivity index (χ1n) is 5.25. The summed E-state index contributed by atoms with van der Waals surface area (Å²) in [6.07, 6.45) is 0. The van der Waals surface area contributed by atoms with Crippen LogP contribution in [0.3, 0.4) is 0 Å². The topological polar surface area (TPSA) is 50.4 Å². The van der Waals surface area contributed by atoms with Crippen molar-refractivity contribution in [1.29, 1.82) is 0 Å². The Labute approximate surface area is 96.0 Å². The van der Waals surface area contributed by atoms with Crippen LogP contribution in [0, 0.1) is 0 Å². The minimum atomic E-state index is -0.146. The van der Waals surface area contributed by atoms with Gasteiger partial charge in [-0.05, 0) is 29.7 Å². The van der Waals surface area contributed by atoms with Gasteiger partial charge in [-0.3, -0.25) is 10.2 Å². The lowest BCUT2D eigenvalue weighted by molar-refractivity contribution is 0.0938. The van der Waals surface area contributed by atoms with Crippen molar-refractivity contribution in [3.63, 3.8) is 0 Å². The van der Waals surface area contributed by atoms with Crippen LogP contribution in [0.25, 0.3) is 0 Å². The number of hydrogen-bond acceptors (Lipinski definition) is 3. The molecule has 0 aromatic heterocycles. The van der Waals surface area contributed by atoms with E-state index in [9.17, 15) is 4.79 Å². The molecule has 0 aliphatic heterocycles. The van der Waals surface area contributed by atoms with E-state index in [0.717, 1.165) is 11.3 Å². The van der Waals surface area contributed by atoms with Gasteiger partial charge in [0.05, 0.1) is 7.11 Å². The molecule has 1 rings (SSSR count). The minimum Gasteiger partial charge on any atom is -0.496 e. The molecule has 16 heavy (non-hydrogen) atoms. The number of carbonyl (C=O) groups is 1. The predicted molar refractivity (Wildman–Crippen MR) is 63.6 cm³/mol. The van der Waals surface area contributed by atoms with Gasteiger partial charge in [-0.25, -0.2) is 5.43 Å². The van der Waals surface area contributed by atoms with Crippen molar-refractivity contribution in [2.75, 3.05) is 14.2 Å². The standard InChI is InChI=1S/C12H18N2O2/c1-8(2)10-7-9(12(15)14-13-3)5-6-11(10)16-4/h5-8,13H,1-4H3,(H,14,15). The van der Waals surface area contributed by atoms with Crippen LogP contribution in [-0.4, -0.2) is 20.1 Å². The Bertz CT molecular complexity index is 375. The highest BCUT2D eigenvalue weighted by Gasteiger charge is 2.11. The molecule has 1 aromatic carbocycles. The smallest absolute Gasteiger partial charge is 0.265 e. The summed E-state index contributed by atoms with van der Waals surface area (Å²) in [5.41, 5.74) is 6.81. The average Bonchev–Trinajstić information content (AvgIpc) is 2.28. The third kappa shape index (κ3) is 2.73. The van der Waals surface area contributed by atoms with Crippen molar-refractivity contribution in [2.45, 2.75) is 19.8 Å². The first-order chi connectivity index (χ1) is 7.60. The highest BCUT2D eigenvalue weighted by Crippen LogP contribution is 2.27. The van der Waals surface area contributed by atoms with Crippen LogP contribution in [0.4, 0.5) is 0 Å². The maximum Gasteiger partial charge on any atom is 0.265 e. The van der Waals surface area contributed by atoms with E-state index in [1.807, 2.05) is 12.1 Å². The van der Waals surface area contributed by atoms with Crippen molar-refractivity contribution in [3.8, 4) is 5.75 Å². The summed E-state index contributed by atoms with van der Waals surface area (Å²) in [5.74, 6) is 0.986. The molecule has 1 aromatic rings. The van der Waals surface area contributed by atoms with Gasteiger partial charge in [0, 0.05) is 12.6 Å². The number of hydrogen-bond donors (Lipinski definition) is 2. The molecule has 0 spiro atoms. The van der Waals surface area contributed by atoms with Gasteiger partial charge < -0.3 is 4.74 Å². The van der Waals surface area contributed by atoms with E-state index in [1.54, 1.807) is 20.2 Å². The Balaban J connectivity index is 3.06. The third-order valence-corrected chi connectivity index (χ3v) is 2.35. The lowest BCUT2D eigenvalue weighted by atomic mass is 9.99. The van der Waals surface area contributed by atoms with Gasteiger partial charge in [-0.2, -0.15) is 0 Å². The second-order valence-corrected chi connectivity index (χ2v) is 3.82. The molecule has 4 nitrogen and oxygen atoms in total. The number of nitrogens with one attached hydrogen (secondary N) is 2. The van der Waals surface area contributed by atoms with E-state index < -0.39 is 0 Å². The van der Waals surface area contributed by atoms with Gasteiger partial charge in [0.2, 0.25) is 0 Å². The van der Waals surface area contributed by atoms with Crippen molar-refractivity contribution >= 4 is 5.91 Å². The van der Waals surface area contributed by atoms with Gasteiger partial charge in [0.1, 0.15) is 5.75 Å². The Kier molecular flexibility index (Phi) is 4.31. The number of methoxy groups -OCH3 is 1. The summed E-state index contributed by atoms with van der Waals surface area (Å²) in [6, 6.07) is 5.42. The van der Waals surface area contributed by atoms with Crippen molar-refractivity contribution in [2.24, 2.45) is 0 Å². The number of carbonyl (C=O) groups excluding carboxylic acids is 1. The summed E-state index contributed by atoms with van der Waals surface area (Å²) >= 11 is 0. The van der Waals surface area contributed by atoms with Gasteiger partial charge in [-0.15, -0.1) is 0 Å². The monoisotopic (exact) mass is 222 g/mol. The third-order valence-electron chi connectivity index (χ3n) is 2.35. The first-order valence-corrected chi connectivity index (χ1v) is 5.25. The van der Waals surface area contributed by atoms with Gasteiger partial charge in [0.25, 0.3) is 5.91 Å².